The summed E-state index contributed by atoms with van der Waals surface area (Å²) < 4.78 is 10.3. The summed E-state index contributed by atoms with van der Waals surface area (Å²) in [6, 6.07) is 12.2. The lowest BCUT2D eigenvalue weighted by Crippen LogP contribution is -2.29. The van der Waals surface area contributed by atoms with Crippen LogP contribution in [0.5, 0.6) is 0 Å². The van der Waals surface area contributed by atoms with Gasteiger partial charge in [0.1, 0.15) is 6.54 Å². The zero-order valence-electron chi connectivity index (χ0n) is 10.1. The molecule has 0 unspecified atom stereocenters. The van der Waals surface area contributed by atoms with Crippen molar-refractivity contribution in [3.05, 3.63) is 54.5 Å². The fourth-order valence-electron chi connectivity index (χ4n) is 2.96. The molecule has 90 valence electrons. The molecule has 4 heteroatoms. The van der Waals surface area contributed by atoms with Crippen molar-refractivity contribution in [3.63, 3.8) is 0 Å². The quantitative estimate of drug-likeness (QED) is 0.394. The van der Waals surface area contributed by atoms with Crippen molar-refractivity contribution in [2.24, 2.45) is 0 Å². The van der Waals surface area contributed by atoms with Gasteiger partial charge in [0.15, 0.2) is 17.3 Å². The van der Waals surface area contributed by atoms with Gasteiger partial charge in [0, 0.05) is 6.20 Å². The van der Waals surface area contributed by atoms with Gasteiger partial charge >= 0.3 is 5.71 Å². The molecule has 4 nitrogen and oxygen atoms in total. The minimum atomic E-state index is 0.817. The second-order valence-electron chi connectivity index (χ2n) is 4.82. The smallest absolute Gasteiger partial charge is 0.336 e. The molecule has 0 aliphatic carbocycles. The predicted octanol–water partition coefficient (Wildman–Crippen LogP) is 2.40. The van der Waals surface area contributed by atoms with Gasteiger partial charge < -0.3 is 4.42 Å². The number of rotatable bonds is 0. The maximum Gasteiger partial charge on any atom is 0.336 e. The Labute approximate surface area is 108 Å². The van der Waals surface area contributed by atoms with E-state index in [9.17, 15) is 0 Å². The van der Waals surface area contributed by atoms with E-state index in [0.29, 0.717) is 0 Å². The van der Waals surface area contributed by atoms with E-state index < -0.39 is 0 Å². The average Bonchev–Trinajstić information content (AvgIpc) is 3.04. The number of para-hydroxylation sites is 2. The zero-order valence-corrected chi connectivity index (χ0v) is 10.1. The summed E-state index contributed by atoms with van der Waals surface area (Å²) in [5, 5.41) is 0. The number of fused-ring (bicyclic) bond motifs is 7. The molecule has 0 amide bonds. The Morgan fingerprint density at radius 2 is 2.11 bits per heavy atom. The highest BCUT2D eigenvalue weighted by molar-refractivity contribution is 5.80. The lowest BCUT2D eigenvalue weighted by Gasteiger charge is -1.91. The molecule has 0 N–H and O–H groups in total. The number of aromatic nitrogens is 3. The van der Waals surface area contributed by atoms with E-state index in [1.807, 2.05) is 30.5 Å². The van der Waals surface area contributed by atoms with E-state index in [4.69, 9.17) is 4.42 Å². The Bertz CT molecular complexity index is 949. The summed E-state index contributed by atoms with van der Waals surface area (Å²) in [5.74, 6) is 1.16. The lowest BCUT2D eigenvalue weighted by molar-refractivity contribution is -0.670. The zero-order chi connectivity index (χ0) is 12.4. The second kappa shape index (κ2) is 3.03. The van der Waals surface area contributed by atoms with Crippen LogP contribution in [0.25, 0.3) is 28.2 Å². The van der Waals surface area contributed by atoms with Crippen LogP contribution in [0.15, 0.2) is 53.2 Å². The summed E-state index contributed by atoms with van der Waals surface area (Å²) in [7, 11) is 0. The van der Waals surface area contributed by atoms with Crippen LogP contribution < -0.4 is 4.57 Å². The summed E-state index contributed by atoms with van der Waals surface area (Å²) in [4.78, 5) is 4.45. The molecule has 0 saturated heterocycles. The third-order valence-electron chi connectivity index (χ3n) is 3.74. The van der Waals surface area contributed by atoms with Crippen molar-refractivity contribution < 1.29 is 8.98 Å². The third-order valence-corrected chi connectivity index (χ3v) is 3.74. The van der Waals surface area contributed by atoms with Gasteiger partial charge in [-0.2, -0.15) is 4.40 Å². The molecule has 19 heavy (non-hydrogen) atoms. The molecule has 1 aromatic carbocycles. The first-order chi connectivity index (χ1) is 9.42. The van der Waals surface area contributed by atoms with Crippen molar-refractivity contribution in [1.29, 1.82) is 0 Å². The number of nitrogens with zero attached hydrogens (tertiary/aromatic N) is 3. The van der Waals surface area contributed by atoms with Crippen LogP contribution in [0.3, 0.4) is 0 Å². The molecule has 1 aliphatic heterocycles. The molecule has 0 saturated carbocycles. The fraction of sp³-hybridized carbons (Fsp3) is 0.0667. The van der Waals surface area contributed by atoms with Gasteiger partial charge in [-0.25, -0.2) is 4.57 Å². The SMILES string of the molecule is c1cnc2c(c1)-c1n3c(c[n+]1C2)oc1ccccc13. The molecule has 3 aromatic heterocycles. The Morgan fingerprint density at radius 3 is 3.11 bits per heavy atom. The monoisotopic (exact) mass is 248 g/mol. The summed E-state index contributed by atoms with van der Waals surface area (Å²) in [5.41, 5.74) is 5.21. The van der Waals surface area contributed by atoms with E-state index in [0.717, 1.165) is 34.9 Å². The van der Waals surface area contributed by atoms with Gasteiger partial charge in [-0.3, -0.25) is 4.98 Å². The molecule has 0 radical (unpaired) electrons. The molecule has 0 spiro atoms. The van der Waals surface area contributed by atoms with Crippen molar-refractivity contribution in [2.75, 3.05) is 0 Å². The predicted molar refractivity (Wildman–Crippen MR) is 69.7 cm³/mol. The highest BCUT2D eigenvalue weighted by atomic mass is 16.3. The van der Waals surface area contributed by atoms with Gasteiger partial charge in [-0.05, 0) is 24.3 Å². The standard InChI is InChI=1S/C15H10N3O/c1-2-6-13-12(5-1)18-14(19-13)9-17-8-11-10(15(17)18)4-3-7-16-11/h1-7,9H,8H2/q+1. The van der Waals surface area contributed by atoms with E-state index in [1.54, 1.807) is 0 Å². The number of imidazole rings is 1. The Kier molecular flexibility index (Phi) is 1.49. The van der Waals surface area contributed by atoms with Gasteiger partial charge in [0.2, 0.25) is 0 Å². The van der Waals surface area contributed by atoms with E-state index in [-0.39, 0.29) is 0 Å². The molecule has 0 bridgehead atoms. The lowest BCUT2D eigenvalue weighted by atomic mass is 10.2. The Morgan fingerprint density at radius 1 is 1.16 bits per heavy atom. The summed E-state index contributed by atoms with van der Waals surface area (Å²) in [6.45, 7) is 0.817. The number of benzene rings is 1. The van der Waals surface area contributed by atoms with Gasteiger partial charge in [0.05, 0.1) is 11.3 Å². The van der Waals surface area contributed by atoms with Gasteiger partial charge in [0.25, 0.3) is 5.82 Å². The normalized spacial score (nSPS) is 13.1. The molecule has 0 fully saturated rings. The van der Waals surface area contributed by atoms with Crippen molar-refractivity contribution in [1.82, 2.24) is 9.38 Å². The summed E-state index contributed by atoms with van der Waals surface area (Å²) in [6.07, 6.45) is 3.90. The molecular weight excluding hydrogens is 238 g/mol. The third kappa shape index (κ3) is 1.04. The molecule has 1 aliphatic rings. The second-order valence-corrected chi connectivity index (χ2v) is 4.82. The van der Waals surface area contributed by atoms with E-state index >= 15 is 0 Å². The first-order valence-corrected chi connectivity index (χ1v) is 6.28. The fourth-order valence-corrected chi connectivity index (χ4v) is 2.96. The van der Waals surface area contributed by atoms with E-state index in [1.165, 1.54) is 5.56 Å². The molecule has 4 heterocycles. The van der Waals surface area contributed by atoms with Crippen LogP contribution in [0, 0.1) is 0 Å². The minimum Gasteiger partial charge on any atom is -0.416 e. The molecule has 4 aromatic rings. The van der Waals surface area contributed by atoms with Crippen LogP contribution in [0.1, 0.15) is 5.69 Å². The van der Waals surface area contributed by atoms with Crippen LogP contribution >= 0.6 is 0 Å². The molecular formula is C15H10N3O+. The first-order valence-electron chi connectivity index (χ1n) is 6.28. The maximum absolute atomic E-state index is 5.89. The van der Waals surface area contributed by atoms with Crippen molar-refractivity contribution in [2.45, 2.75) is 6.54 Å². The average molecular weight is 248 g/mol. The van der Waals surface area contributed by atoms with E-state index in [2.05, 4.69) is 32.3 Å². The van der Waals surface area contributed by atoms with Gasteiger partial charge in [-0.1, -0.05) is 12.1 Å². The first kappa shape index (κ1) is 9.33. The summed E-state index contributed by atoms with van der Waals surface area (Å²) >= 11 is 0. The van der Waals surface area contributed by atoms with Gasteiger partial charge in [-0.15, -0.1) is 0 Å². The largest absolute Gasteiger partial charge is 0.416 e. The van der Waals surface area contributed by atoms with Crippen LogP contribution in [0.2, 0.25) is 0 Å². The number of oxazole rings is 1. The maximum atomic E-state index is 5.89. The topological polar surface area (TPSA) is 34.3 Å². The Hall–Kier alpha value is -2.62. The van der Waals surface area contributed by atoms with Crippen molar-refractivity contribution in [3.8, 4) is 11.4 Å². The van der Waals surface area contributed by atoms with Crippen LogP contribution in [-0.2, 0) is 6.54 Å². The number of hydrogen-bond acceptors (Lipinski definition) is 2. The van der Waals surface area contributed by atoms with Crippen LogP contribution in [0.4, 0.5) is 0 Å². The minimum absolute atomic E-state index is 0.817. The molecule has 5 rings (SSSR count). The highest BCUT2D eigenvalue weighted by Crippen LogP contribution is 2.30. The van der Waals surface area contributed by atoms with Crippen molar-refractivity contribution >= 4 is 16.8 Å². The highest BCUT2D eigenvalue weighted by Gasteiger charge is 2.33. The Balaban J connectivity index is 2.00. The number of pyridine rings is 1. The van der Waals surface area contributed by atoms with Crippen LogP contribution in [-0.4, -0.2) is 9.38 Å². The molecule has 0 atom stereocenters. The number of hydrogen-bond donors (Lipinski definition) is 0.